The van der Waals surface area contributed by atoms with E-state index < -0.39 is 0 Å². The molecule has 0 radical (unpaired) electrons. The highest BCUT2D eigenvalue weighted by Gasteiger charge is 2.24. The van der Waals surface area contributed by atoms with Gasteiger partial charge in [0.1, 0.15) is 5.82 Å². The van der Waals surface area contributed by atoms with E-state index in [1.165, 1.54) is 31.6 Å². The zero-order valence-corrected chi connectivity index (χ0v) is 27.0. The Morgan fingerprint density at radius 3 is 2.34 bits per heavy atom. The van der Waals surface area contributed by atoms with Crippen LogP contribution >= 0.6 is 0 Å². The minimum atomic E-state index is 0.376. The molecule has 0 amide bonds. The molecule has 238 valence electrons. The molecule has 3 aliphatic rings. The third kappa shape index (κ3) is 7.49. The largest absolute Gasteiger partial charge is 0.493 e. The summed E-state index contributed by atoms with van der Waals surface area (Å²) in [5, 5.41) is 4.84. The Hall–Kier alpha value is -3.30. The van der Waals surface area contributed by atoms with Crippen LogP contribution in [0.25, 0.3) is 10.9 Å². The van der Waals surface area contributed by atoms with Crippen molar-refractivity contribution in [3.05, 3.63) is 42.5 Å². The molecule has 0 unspecified atom stereocenters. The van der Waals surface area contributed by atoms with E-state index in [2.05, 4.69) is 81.2 Å². The zero-order chi connectivity index (χ0) is 30.3. The van der Waals surface area contributed by atoms with Crippen LogP contribution in [0.5, 0.6) is 11.5 Å². The first-order chi connectivity index (χ1) is 21.6. The SMILES string of the molecule is COc1cc2c(NC3CCN(C(C)C)CC3)nc(N3CCCN(c4ccccc4)CC3)nc2cc1OCCCN1CCCC1. The molecule has 1 N–H and O–H groups in total. The highest BCUT2D eigenvalue weighted by Crippen LogP contribution is 2.36. The molecule has 3 fully saturated rings. The molecule has 3 aromatic rings. The molecular weight excluding hydrogens is 550 g/mol. The number of methoxy groups -OCH3 is 1. The Bertz CT molecular complexity index is 1340. The van der Waals surface area contributed by atoms with Gasteiger partial charge in [-0.2, -0.15) is 4.98 Å². The minimum absolute atomic E-state index is 0.376. The molecule has 9 heteroatoms. The molecule has 6 rings (SSSR count). The molecule has 1 aromatic heterocycles. The first-order valence-corrected chi connectivity index (χ1v) is 16.9. The lowest BCUT2D eigenvalue weighted by atomic mass is 10.0. The Kier molecular flexibility index (Phi) is 10.2. The van der Waals surface area contributed by atoms with Crippen LogP contribution in [0.3, 0.4) is 0 Å². The lowest BCUT2D eigenvalue weighted by Crippen LogP contribution is -2.42. The number of hydrogen-bond donors (Lipinski definition) is 1. The van der Waals surface area contributed by atoms with Gasteiger partial charge in [0.2, 0.25) is 5.95 Å². The predicted molar refractivity (Wildman–Crippen MR) is 181 cm³/mol. The number of likely N-dealkylation sites (tertiary alicyclic amines) is 2. The maximum Gasteiger partial charge on any atom is 0.227 e. The van der Waals surface area contributed by atoms with Crippen molar-refractivity contribution < 1.29 is 9.47 Å². The van der Waals surface area contributed by atoms with Gasteiger partial charge in [-0.3, -0.25) is 0 Å². The number of anilines is 3. The van der Waals surface area contributed by atoms with Crippen LogP contribution in [0.15, 0.2) is 42.5 Å². The van der Waals surface area contributed by atoms with E-state index in [4.69, 9.17) is 19.4 Å². The maximum atomic E-state index is 6.33. The van der Waals surface area contributed by atoms with Crippen molar-refractivity contribution in [1.82, 2.24) is 19.8 Å². The number of nitrogens with one attached hydrogen (secondary N) is 1. The van der Waals surface area contributed by atoms with Gasteiger partial charge >= 0.3 is 0 Å². The molecule has 44 heavy (non-hydrogen) atoms. The third-order valence-electron chi connectivity index (χ3n) is 9.55. The molecule has 3 aliphatic heterocycles. The number of hydrogen-bond acceptors (Lipinski definition) is 9. The average Bonchev–Trinajstić information content (AvgIpc) is 3.45. The summed E-state index contributed by atoms with van der Waals surface area (Å²) in [6.07, 6.45) is 6.89. The summed E-state index contributed by atoms with van der Waals surface area (Å²) in [7, 11) is 1.72. The number of nitrogens with zero attached hydrogens (tertiary/aromatic N) is 6. The molecule has 0 saturated carbocycles. The smallest absolute Gasteiger partial charge is 0.227 e. The van der Waals surface area contributed by atoms with Crippen LogP contribution < -0.4 is 24.6 Å². The highest BCUT2D eigenvalue weighted by molar-refractivity contribution is 5.93. The molecule has 4 heterocycles. The van der Waals surface area contributed by atoms with Crippen molar-refractivity contribution in [3.8, 4) is 11.5 Å². The lowest BCUT2D eigenvalue weighted by Gasteiger charge is -2.35. The van der Waals surface area contributed by atoms with E-state index in [1.54, 1.807) is 7.11 Å². The Morgan fingerprint density at radius 2 is 1.59 bits per heavy atom. The van der Waals surface area contributed by atoms with Crippen LogP contribution in [0.4, 0.5) is 17.5 Å². The van der Waals surface area contributed by atoms with Crippen LogP contribution in [0.2, 0.25) is 0 Å². The van der Waals surface area contributed by atoms with E-state index in [9.17, 15) is 0 Å². The summed E-state index contributed by atoms with van der Waals surface area (Å²) in [4.78, 5) is 20.3. The summed E-state index contributed by atoms with van der Waals surface area (Å²) in [6, 6.07) is 15.8. The fourth-order valence-corrected chi connectivity index (χ4v) is 6.89. The van der Waals surface area contributed by atoms with Gasteiger partial charge in [0.05, 0.1) is 19.2 Å². The fourth-order valence-electron chi connectivity index (χ4n) is 6.89. The molecule has 0 bridgehead atoms. The highest BCUT2D eigenvalue weighted by atomic mass is 16.5. The number of fused-ring (bicyclic) bond motifs is 1. The van der Waals surface area contributed by atoms with Gasteiger partial charge in [0, 0.05) is 75.0 Å². The minimum Gasteiger partial charge on any atom is -0.493 e. The van der Waals surface area contributed by atoms with Gasteiger partial charge in [-0.05, 0) is 83.7 Å². The second-order valence-corrected chi connectivity index (χ2v) is 12.9. The molecule has 0 atom stereocenters. The molecule has 2 aromatic carbocycles. The summed E-state index contributed by atoms with van der Waals surface area (Å²) in [5.74, 6) is 3.19. The van der Waals surface area contributed by atoms with Crippen molar-refractivity contribution in [2.45, 2.75) is 64.5 Å². The molecule has 0 aliphatic carbocycles. The standard InChI is InChI=1S/C35H51N7O2/c1-27(2)40-20-13-28(14-21-40)36-34-30-25-32(43-3)33(44-24-10-17-39-15-7-8-16-39)26-31(30)37-35(38-34)42-19-9-18-41(22-23-42)29-11-5-4-6-12-29/h4-6,11-12,25-28H,7-10,13-24H2,1-3H3,(H,36,37,38). The van der Waals surface area contributed by atoms with E-state index in [0.29, 0.717) is 18.7 Å². The quantitative estimate of drug-likeness (QED) is 0.287. The molecular formula is C35H51N7O2. The van der Waals surface area contributed by atoms with Crippen LogP contribution in [-0.2, 0) is 0 Å². The van der Waals surface area contributed by atoms with Crippen LogP contribution in [-0.4, -0.2) is 104 Å². The average molecular weight is 602 g/mol. The monoisotopic (exact) mass is 601 g/mol. The van der Waals surface area contributed by atoms with E-state index in [-0.39, 0.29) is 0 Å². The lowest BCUT2D eigenvalue weighted by molar-refractivity contribution is 0.177. The van der Waals surface area contributed by atoms with Crippen LogP contribution in [0.1, 0.15) is 52.4 Å². The molecule has 0 spiro atoms. The summed E-state index contributed by atoms with van der Waals surface area (Å²) in [6.45, 7) is 14.7. The van der Waals surface area contributed by atoms with E-state index >= 15 is 0 Å². The number of para-hydroxylation sites is 1. The predicted octanol–water partition coefficient (Wildman–Crippen LogP) is 5.50. The summed E-state index contributed by atoms with van der Waals surface area (Å²) in [5.41, 5.74) is 2.18. The van der Waals surface area contributed by atoms with Crippen molar-refractivity contribution >= 4 is 28.4 Å². The molecule has 3 saturated heterocycles. The second-order valence-electron chi connectivity index (χ2n) is 12.9. The Morgan fingerprint density at radius 1 is 0.841 bits per heavy atom. The van der Waals surface area contributed by atoms with Crippen molar-refractivity contribution in [2.24, 2.45) is 0 Å². The number of benzene rings is 2. The first kappa shape index (κ1) is 30.7. The van der Waals surface area contributed by atoms with Crippen molar-refractivity contribution in [3.63, 3.8) is 0 Å². The van der Waals surface area contributed by atoms with Crippen LogP contribution in [0, 0.1) is 0 Å². The fraction of sp³-hybridized carbons (Fsp3) is 0.600. The Balaban J connectivity index is 1.25. The zero-order valence-electron chi connectivity index (χ0n) is 27.0. The van der Waals surface area contributed by atoms with Gasteiger partial charge in [-0.15, -0.1) is 0 Å². The second kappa shape index (κ2) is 14.7. The van der Waals surface area contributed by atoms with Gasteiger partial charge in [-0.25, -0.2) is 4.98 Å². The molecule has 9 nitrogen and oxygen atoms in total. The van der Waals surface area contributed by atoms with E-state index in [1.807, 2.05) is 0 Å². The van der Waals surface area contributed by atoms with E-state index in [0.717, 1.165) is 106 Å². The first-order valence-electron chi connectivity index (χ1n) is 16.9. The Labute approximate surface area is 263 Å². The van der Waals surface area contributed by atoms with Crippen molar-refractivity contribution in [1.29, 1.82) is 0 Å². The number of aromatic nitrogens is 2. The summed E-state index contributed by atoms with van der Waals surface area (Å²) < 4.78 is 12.2. The van der Waals surface area contributed by atoms with Gasteiger partial charge < -0.3 is 34.4 Å². The van der Waals surface area contributed by atoms with Gasteiger partial charge in [-0.1, -0.05) is 18.2 Å². The van der Waals surface area contributed by atoms with Crippen molar-refractivity contribution in [2.75, 3.05) is 87.7 Å². The topological polar surface area (TPSA) is 69.2 Å². The van der Waals surface area contributed by atoms with Gasteiger partial charge in [0.15, 0.2) is 11.5 Å². The summed E-state index contributed by atoms with van der Waals surface area (Å²) >= 11 is 0. The number of ether oxygens (including phenoxy) is 2. The normalized spacial score (nSPS) is 19.1. The number of rotatable bonds is 11. The maximum absolute atomic E-state index is 6.33. The van der Waals surface area contributed by atoms with Gasteiger partial charge in [0.25, 0.3) is 0 Å². The third-order valence-corrected chi connectivity index (χ3v) is 9.55. The number of piperidine rings is 1.